The fourth-order valence-electron chi connectivity index (χ4n) is 2.96. The van der Waals surface area contributed by atoms with Gasteiger partial charge in [0.25, 0.3) is 0 Å². The van der Waals surface area contributed by atoms with Crippen molar-refractivity contribution >= 4 is 18.3 Å². The number of carbonyl (C=O) groups is 1. The van der Waals surface area contributed by atoms with Gasteiger partial charge in [0.1, 0.15) is 0 Å². The van der Waals surface area contributed by atoms with Crippen LogP contribution in [0.15, 0.2) is 4.52 Å². The lowest BCUT2D eigenvalue weighted by Crippen LogP contribution is -2.53. The number of aromatic nitrogens is 2. The number of methoxy groups -OCH3 is 1. The topological polar surface area (TPSA) is 94.5 Å². The van der Waals surface area contributed by atoms with E-state index >= 15 is 0 Å². The van der Waals surface area contributed by atoms with Crippen molar-refractivity contribution in [3.05, 3.63) is 11.7 Å². The number of hydrogen-bond donors (Lipinski definition) is 1. The Morgan fingerprint density at radius 3 is 2.91 bits per heavy atom. The molecule has 0 spiro atoms. The Balaban J connectivity index is 0.00000264. The van der Waals surface area contributed by atoms with Crippen LogP contribution in [0.5, 0.6) is 0 Å². The molecule has 2 atom stereocenters. The molecule has 1 aliphatic rings. The Hall–Kier alpha value is -1.18. The average Bonchev–Trinajstić information content (AvgIpc) is 2.91. The highest BCUT2D eigenvalue weighted by molar-refractivity contribution is 5.85. The van der Waals surface area contributed by atoms with E-state index in [1.54, 1.807) is 19.1 Å². The summed E-state index contributed by atoms with van der Waals surface area (Å²) in [7, 11) is 3.38. The van der Waals surface area contributed by atoms with Gasteiger partial charge in [-0.25, -0.2) is 0 Å². The van der Waals surface area contributed by atoms with Crippen molar-refractivity contribution in [1.29, 1.82) is 0 Å². The number of nitrogens with zero attached hydrogens (tertiary/aromatic N) is 3. The minimum Gasteiger partial charge on any atom is -0.384 e. The molecule has 1 aromatic heterocycles. The standard InChI is InChI=1S/C15H26N4O3.ClH/c1-15(16)8-5-4-6-11(15)14(20)19(2)10-13-17-12(18-22-13)7-9-21-3;/h11H,4-10,16H2,1-3H3;1H. The van der Waals surface area contributed by atoms with Crippen LogP contribution in [0.25, 0.3) is 0 Å². The zero-order chi connectivity index (χ0) is 16.2. The van der Waals surface area contributed by atoms with Crippen LogP contribution in [0.3, 0.4) is 0 Å². The lowest BCUT2D eigenvalue weighted by molar-refractivity contribution is -0.138. The van der Waals surface area contributed by atoms with Crippen LogP contribution in [0.1, 0.15) is 44.3 Å². The number of halogens is 1. The molecule has 7 nitrogen and oxygen atoms in total. The number of rotatable bonds is 6. The summed E-state index contributed by atoms with van der Waals surface area (Å²) < 4.78 is 10.2. The van der Waals surface area contributed by atoms with Gasteiger partial charge in [0.15, 0.2) is 5.82 Å². The maximum atomic E-state index is 12.6. The fourth-order valence-corrected chi connectivity index (χ4v) is 2.96. The summed E-state index contributed by atoms with van der Waals surface area (Å²) in [6.07, 6.45) is 4.48. The molecular weight excluding hydrogens is 320 g/mol. The maximum absolute atomic E-state index is 12.6. The summed E-state index contributed by atoms with van der Waals surface area (Å²) in [6, 6.07) is 0. The van der Waals surface area contributed by atoms with Gasteiger partial charge in [-0.1, -0.05) is 18.0 Å². The molecule has 0 aliphatic heterocycles. The second-order valence-electron chi connectivity index (χ2n) is 6.35. The van der Waals surface area contributed by atoms with Crippen molar-refractivity contribution in [2.75, 3.05) is 20.8 Å². The highest BCUT2D eigenvalue weighted by atomic mass is 35.5. The molecule has 0 bridgehead atoms. The second-order valence-corrected chi connectivity index (χ2v) is 6.35. The van der Waals surface area contributed by atoms with Gasteiger partial charge in [-0.15, -0.1) is 12.4 Å². The van der Waals surface area contributed by atoms with E-state index in [1.807, 2.05) is 6.92 Å². The number of hydrogen-bond acceptors (Lipinski definition) is 6. The number of nitrogens with two attached hydrogens (primary N) is 1. The Morgan fingerprint density at radius 2 is 2.26 bits per heavy atom. The van der Waals surface area contributed by atoms with Crippen LogP contribution in [-0.2, 0) is 22.5 Å². The molecule has 0 radical (unpaired) electrons. The molecule has 2 rings (SSSR count). The Morgan fingerprint density at radius 1 is 1.52 bits per heavy atom. The van der Waals surface area contributed by atoms with Crippen molar-refractivity contribution in [2.24, 2.45) is 11.7 Å². The highest BCUT2D eigenvalue weighted by Gasteiger charge is 2.39. The van der Waals surface area contributed by atoms with Crippen molar-refractivity contribution in [2.45, 2.75) is 51.1 Å². The predicted molar refractivity (Wildman–Crippen MR) is 88.2 cm³/mol. The van der Waals surface area contributed by atoms with Gasteiger partial charge < -0.3 is 19.9 Å². The first-order chi connectivity index (χ1) is 10.4. The number of carbonyl (C=O) groups excluding carboxylic acids is 1. The Labute approximate surface area is 143 Å². The quantitative estimate of drug-likeness (QED) is 0.839. The molecule has 1 aliphatic carbocycles. The largest absolute Gasteiger partial charge is 0.384 e. The van der Waals surface area contributed by atoms with E-state index in [-0.39, 0.29) is 24.2 Å². The van der Waals surface area contributed by atoms with Crippen molar-refractivity contribution in [3.8, 4) is 0 Å². The highest BCUT2D eigenvalue weighted by Crippen LogP contribution is 2.32. The summed E-state index contributed by atoms with van der Waals surface area (Å²) in [4.78, 5) is 18.5. The van der Waals surface area contributed by atoms with E-state index < -0.39 is 5.54 Å². The first-order valence-electron chi connectivity index (χ1n) is 7.78. The number of ether oxygens (including phenoxy) is 1. The van der Waals surface area contributed by atoms with Gasteiger partial charge in [-0.05, 0) is 19.8 Å². The molecule has 0 saturated heterocycles. The molecule has 23 heavy (non-hydrogen) atoms. The molecule has 1 fully saturated rings. The SMILES string of the molecule is COCCc1noc(CN(C)C(=O)C2CCCCC2(C)N)n1.Cl. The van der Waals surface area contributed by atoms with E-state index in [0.717, 1.165) is 25.7 Å². The molecule has 2 unspecified atom stereocenters. The van der Waals surface area contributed by atoms with E-state index in [1.165, 1.54) is 0 Å². The van der Waals surface area contributed by atoms with Crippen LogP contribution in [-0.4, -0.2) is 47.3 Å². The predicted octanol–water partition coefficient (Wildman–Crippen LogP) is 1.55. The van der Waals surface area contributed by atoms with Crippen LogP contribution < -0.4 is 5.73 Å². The minimum atomic E-state index is -0.429. The molecular formula is C15H27ClN4O3. The molecule has 1 amide bonds. The third kappa shape index (κ3) is 5.16. The summed E-state index contributed by atoms with van der Waals surface area (Å²) >= 11 is 0. The first-order valence-corrected chi connectivity index (χ1v) is 7.78. The van der Waals surface area contributed by atoms with Gasteiger partial charge in [-0.2, -0.15) is 4.98 Å². The second kappa shape index (κ2) is 8.61. The van der Waals surface area contributed by atoms with Gasteiger partial charge in [0, 0.05) is 26.1 Å². The van der Waals surface area contributed by atoms with Crippen LogP contribution in [0, 0.1) is 5.92 Å². The fraction of sp³-hybridized carbons (Fsp3) is 0.800. The van der Waals surface area contributed by atoms with Crippen LogP contribution in [0.4, 0.5) is 0 Å². The maximum Gasteiger partial charge on any atom is 0.246 e. The van der Waals surface area contributed by atoms with Crippen LogP contribution >= 0.6 is 12.4 Å². The van der Waals surface area contributed by atoms with Gasteiger partial charge >= 0.3 is 0 Å². The summed E-state index contributed by atoms with van der Waals surface area (Å²) in [5, 5.41) is 3.88. The van der Waals surface area contributed by atoms with Gasteiger partial charge in [-0.3, -0.25) is 4.79 Å². The van der Waals surface area contributed by atoms with Crippen LogP contribution in [0.2, 0.25) is 0 Å². The van der Waals surface area contributed by atoms with E-state index in [4.69, 9.17) is 15.0 Å². The molecule has 1 aromatic rings. The summed E-state index contributed by atoms with van der Waals surface area (Å²) in [5.41, 5.74) is 5.87. The third-order valence-corrected chi connectivity index (χ3v) is 4.34. The van der Waals surface area contributed by atoms with Crippen molar-refractivity contribution in [1.82, 2.24) is 15.0 Å². The van der Waals surface area contributed by atoms with Crippen molar-refractivity contribution in [3.63, 3.8) is 0 Å². The third-order valence-electron chi connectivity index (χ3n) is 4.34. The summed E-state index contributed by atoms with van der Waals surface area (Å²) in [6.45, 7) is 2.82. The lowest BCUT2D eigenvalue weighted by Gasteiger charge is -2.38. The zero-order valence-electron chi connectivity index (χ0n) is 14.1. The molecule has 0 aromatic carbocycles. The van der Waals surface area contributed by atoms with E-state index in [0.29, 0.717) is 31.3 Å². The minimum absolute atomic E-state index is 0. The molecule has 1 heterocycles. The average molecular weight is 347 g/mol. The molecule has 1 saturated carbocycles. The smallest absolute Gasteiger partial charge is 0.246 e. The van der Waals surface area contributed by atoms with Crippen molar-refractivity contribution < 1.29 is 14.1 Å². The number of amides is 1. The first kappa shape index (κ1) is 19.9. The van der Waals surface area contributed by atoms with Gasteiger partial charge in [0.2, 0.25) is 11.8 Å². The Bertz CT molecular complexity index is 507. The Kier molecular flexibility index (Phi) is 7.44. The summed E-state index contributed by atoms with van der Waals surface area (Å²) in [5.74, 6) is 0.957. The van der Waals surface area contributed by atoms with E-state index in [9.17, 15) is 4.79 Å². The van der Waals surface area contributed by atoms with E-state index in [2.05, 4.69) is 10.1 Å². The van der Waals surface area contributed by atoms with Gasteiger partial charge in [0.05, 0.1) is 19.1 Å². The molecule has 2 N–H and O–H groups in total. The molecule has 132 valence electrons. The molecule has 8 heteroatoms. The normalized spacial score (nSPS) is 24.1. The zero-order valence-corrected chi connectivity index (χ0v) is 14.9. The monoisotopic (exact) mass is 346 g/mol. The lowest BCUT2D eigenvalue weighted by atomic mass is 9.74.